The summed E-state index contributed by atoms with van der Waals surface area (Å²) < 4.78 is 4.81. The van der Waals surface area contributed by atoms with Gasteiger partial charge < -0.3 is 14.9 Å². The maximum Gasteiger partial charge on any atom is 0.177 e. The summed E-state index contributed by atoms with van der Waals surface area (Å²) in [5.74, 6) is 0.169. The molecule has 0 aromatic heterocycles. The van der Waals surface area contributed by atoms with Crippen molar-refractivity contribution >= 4 is 11.6 Å². The summed E-state index contributed by atoms with van der Waals surface area (Å²) in [6.45, 7) is -0.198. The van der Waals surface area contributed by atoms with Crippen LogP contribution in [0.1, 0.15) is 5.56 Å². The van der Waals surface area contributed by atoms with E-state index < -0.39 is 0 Å². The number of aromatic hydroxyl groups is 1. The molecule has 0 bridgehead atoms. The standard InChI is InChI=1S/C8H9ClO3/c1-12-6-3-2-5(4-10)7(9)8(6)11/h2-3,10-11H,4H2,1H3. The Morgan fingerprint density at radius 2 is 2.17 bits per heavy atom. The first-order valence-electron chi connectivity index (χ1n) is 3.36. The number of methoxy groups -OCH3 is 1. The zero-order chi connectivity index (χ0) is 9.14. The van der Waals surface area contributed by atoms with Crippen molar-refractivity contribution < 1.29 is 14.9 Å². The second-order valence-electron chi connectivity index (χ2n) is 2.25. The van der Waals surface area contributed by atoms with Crippen LogP contribution < -0.4 is 4.74 Å². The molecule has 1 aromatic rings. The summed E-state index contributed by atoms with van der Waals surface area (Å²) in [4.78, 5) is 0. The topological polar surface area (TPSA) is 49.7 Å². The van der Waals surface area contributed by atoms with Crippen molar-refractivity contribution in [3.63, 3.8) is 0 Å². The minimum Gasteiger partial charge on any atom is -0.503 e. The fourth-order valence-electron chi connectivity index (χ4n) is 0.875. The zero-order valence-electron chi connectivity index (χ0n) is 6.54. The first-order chi connectivity index (χ1) is 5.70. The summed E-state index contributed by atoms with van der Waals surface area (Å²) in [5, 5.41) is 18.2. The highest BCUT2D eigenvalue weighted by atomic mass is 35.5. The Bertz CT molecular complexity index is 257. The summed E-state index contributed by atoms with van der Waals surface area (Å²) in [6, 6.07) is 3.15. The van der Waals surface area contributed by atoms with Crippen LogP contribution in [0.15, 0.2) is 12.1 Å². The van der Waals surface area contributed by atoms with Crippen LogP contribution in [0, 0.1) is 0 Å². The molecule has 0 saturated carbocycles. The first kappa shape index (κ1) is 9.16. The van der Waals surface area contributed by atoms with Crippen molar-refractivity contribution in [2.75, 3.05) is 7.11 Å². The number of aliphatic hydroxyl groups is 1. The van der Waals surface area contributed by atoms with E-state index in [-0.39, 0.29) is 17.4 Å². The molecule has 0 heterocycles. The lowest BCUT2D eigenvalue weighted by molar-refractivity contribution is 0.280. The molecule has 0 atom stereocenters. The molecule has 2 N–H and O–H groups in total. The molecule has 0 radical (unpaired) electrons. The second-order valence-corrected chi connectivity index (χ2v) is 2.63. The van der Waals surface area contributed by atoms with E-state index in [9.17, 15) is 5.11 Å². The third kappa shape index (κ3) is 1.47. The monoisotopic (exact) mass is 188 g/mol. The minimum absolute atomic E-state index is 0.134. The number of phenolic OH excluding ortho intramolecular Hbond substituents is 1. The predicted octanol–water partition coefficient (Wildman–Crippen LogP) is 1.55. The second kappa shape index (κ2) is 3.65. The number of phenols is 1. The lowest BCUT2D eigenvalue weighted by Crippen LogP contribution is -1.89. The van der Waals surface area contributed by atoms with Crippen molar-refractivity contribution in [1.29, 1.82) is 0 Å². The highest BCUT2D eigenvalue weighted by Crippen LogP contribution is 2.35. The molecule has 66 valence electrons. The van der Waals surface area contributed by atoms with Gasteiger partial charge in [-0.05, 0) is 6.07 Å². The van der Waals surface area contributed by atoms with Crippen molar-refractivity contribution in [3.05, 3.63) is 22.7 Å². The average molecular weight is 189 g/mol. The van der Waals surface area contributed by atoms with Gasteiger partial charge in [0.25, 0.3) is 0 Å². The van der Waals surface area contributed by atoms with E-state index in [1.54, 1.807) is 12.1 Å². The molecular weight excluding hydrogens is 180 g/mol. The SMILES string of the molecule is COc1ccc(CO)c(Cl)c1O. The van der Waals surface area contributed by atoms with Gasteiger partial charge in [0.05, 0.1) is 18.7 Å². The Kier molecular flexibility index (Phi) is 2.78. The fraction of sp³-hybridized carbons (Fsp3) is 0.250. The normalized spacial score (nSPS) is 9.92. The van der Waals surface area contributed by atoms with Gasteiger partial charge in [-0.3, -0.25) is 0 Å². The summed E-state index contributed by atoms with van der Waals surface area (Å²) in [7, 11) is 1.43. The number of rotatable bonds is 2. The summed E-state index contributed by atoms with van der Waals surface area (Å²) in [5.41, 5.74) is 0.481. The Hall–Kier alpha value is -0.930. The van der Waals surface area contributed by atoms with E-state index in [4.69, 9.17) is 21.4 Å². The van der Waals surface area contributed by atoms with Crippen LogP contribution in [0.2, 0.25) is 5.02 Å². The van der Waals surface area contributed by atoms with Gasteiger partial charge in [0.15, 0.2) is 11.5 Å². The molecule has 1 aromatic carbocycles. The Morgan fingerprint density at radius 3 is 2.67 bits per heavy atom. The Balaban J connectivity index is 3.20. The quantitative estimate of drug-likeness (QED) is 0.741. The van der Waals surface area contributed by atoms with Crippen LogP contribution in [0.3, 0.4) is 0 Å². The van der Waals surface area contributed by atoms with Crippen LogP contribution in [-0.2, 0) is 6.61 Å². The first-order valence-corrected chi connectivity index (χ1v) is 3.73. The van der Waals surface area contributed by atoms with Crippen LogP contribution in [-0.4, -0.2) is 17.3 Å². The van der Waals surface area contributed by atoms with Gasteiger partial charge in [-0.15, -0.1) is 0 Å². The molecule has 0 aliphatic carbocycles. The van der Waals surface area contributed by atoms with E-state index in [0.717, 1.165) is 0 Å². The largest absolute Gasteiger partial charge is 0.503 e. The van der Waals surface area contributed by atoms with E-state index in [1.165, 1.54) is 7.11 Å². The number of aliphatic hydroxyl groups excluding tert-OH is 1. The molecule has 0 aliphatic rings. The van der Waals surface area contributed by atoms with Gasteiger partial charge in [-0.1, -0.05) is 17.7 Å². The Morgan fingerprint density at radius 1 is 1.50 bits per heavy atom. The maximum absolute atomic E-state index is 9.34. The lowest BCUT2D eigenvalue weighted by Gasteiger charge is -2.07. The minimum atomic E-state index is -0.198. The van der Waals surface area contributed by atoms with Crippen molar-refractivity contribution in [3.8, 4) is 11.5 Å². The van der Waals surface area contributed by atoms with Gasteiger partial charge in [0.1, 0.15) is 0 Å². The molecule has 1 rings (SSSR count). The molecule has 0 unspecified atom stereocenters. The molecule has 0 amide bonds. The van der Waals surface area contributed by atoms with Gasteiger partial charge in [-0.25, -0.2) is 0 Å². The van der Waals surface area contributed by atoms with Crippen molar-refractivity contribution in [2.45, 2.75) is 6.61 Å². The highest BCUT2D eigenvalue weighted by Gasteiger charge is 2.09. The van der Waals surface area contributed by atoms with E-state index in [0.29, 0.717) is 11.3 Å². The van der Waals surface area contributed by atoms with Gasteiger partial charge in [-0.2, -0.15) is 0 Å². The predicted molar refractivity (Wildman–Crippen MR) is 45.6 cm³/mol. The smallest absolute Gasteiger partial charge is 0.177 e. The van der Waals surface area contributed by atoms with Gasteiger partial charge >= 0.3 is 0 Å². The van der Waals surface area contributed by atoms with E-state index in [1.807, 2.05) is 0 Å². The molecule has 0 spiro atoms. The summed E-state index contributed by atoms with van der Waals surface area (Å²) >= 11 is 5.69. The molecular formula is C8H9ClO3. The average Bonchev–Trinajstić information content (AvgIpc) is 2.10. The number of benzene rings is 1. The van der Waals surface area contributed by atoms with Crippen LogP contribution in [0.25, 0.3) is 0 Å². The molecule has 4 heteroatoms. The van der Waals surface area contributed by atoms with Gasteiger partial charge in [0.2, 0.25) is 0 Å². The van der Waals surface area contributed by atoms with Crippen LogP contribution in [0.5, 0.6) is 11.5 Å². The lowest BCUT2D eigenvalue weighted by atomic mass is 10.2. The highest BCUT2D eigenvalue weighted by molar-refractivity contribution is 6.33. The van der Waals surface area contributed by atoms with E-state index >= 15 is 0 Å². The maximum atomic E-state index is 9.34. The molecule has 3 nitrogen and oxygen atoms in total. The van der Waals surface area contributed by atoms with Crippen molar-refractivity contribution in [1.82, 2.24) is 0 Å². The molecule has 0 saturated heterocycles. The number of hydrogen-bond donors (Lipinski definition) is 2. The van der Waals surface area contributed by atoms with Crippen LogP contribution in [0.4, 0.5) is 0 Å². The zero-order valence-corrected chi connectivity index (χ0v) is 7.30. The summed E-state index contributed by atoms with van der Waals surface area (Å²) in [6.07, 6.45) is 0. The van der Waals surface area contributed by atoms with E-state index in [2.05, 4.69) is 0 Å². The van der Waals surface area contributed by atoms with Crippen LogP contribution >= 0.6 is 11.6 Å². The number of halogens is 1. The fourth-order valence-corrected chi connectivity index (χ4v) is 1.09. The third-order valence-electron chi connectivity index (χ3n) is 1.55. The molecule has 0 fully saturated rings. The third-order valence-corrected chi connectivity index (χ3v) is 1.97. The Labute approximate surface area is 75.2 Å². The number of ether oxygens (including phenoxy) is 1. The molecule has 12 heavy (non-hydrogen) atoms. The number of hydrogen-bond acceptors (Lipinski definition) is 3. The van der Waals surface area contributed by atoms with Gasteiger partial charge in [0, 0.05) is 5.56 Å². The van der Waals surface area contributed by atoms with Crippen molar-refractivity contribution in [2.24, 2.45) is 0 Å². The molecule has 0 aliphatic heterocycles.